The number of carbonyl (C=O) groups excluding carboxylic acids is 3. The van der Waals surface area contributed by atoms with Crippen molar-refractivity contribution in [3.8, 4) is 16.9 Å². The Balaban J connectivity index is 1.72. The van der Waals surface area contributed by atoms with Crippen LogP contribution in [0.4, 0.5) is 0 Å². The maximum Gasteiger partial charge on any atom is 0.255 e. The van der Waals surface area contributed by atoms with Crippen LogP contribution in [-0.4, -0.2) is 43.5 Å². The lowest BCUT2D eigenvalue weighted by Crippen LogP contribution is -2.58. The zero-order chi connectivity index (χ0) is 23.7. The molecular formula is C25H21NO7. The number of primary amides is 1. The molecule has 2 unspecified atom stereocenters. The van der Waals surface area contributed by atoms with Gasteiger partial charge in [0.05, 0.1) is 5.56 Å². The van der Waals surface area contributed by atoms with E-state index in [2.05, 4.69) is 0 Å². The Kier molecular flexibility index (Phi) is 4.48. The third-order valence-corrected chi connectivity index (χ3v) is 7.03. The molecule has 0 aliphatic heterocycles. The van der Waals surface area contributed by atoms with E-state index in [1.54, 1.807) is 6.07 Å². The van der Waals surface area contributed by atoms with Gasteiger partial charge in [0.2, 0.25) is 5.78 Å². The molecule has 1 amide bonds. The van der Waals surface area contributed by atoms with E-state index in [9.17, 15) is 34.8 Å². The Morgan fingerprint density at radius 3 is 2.36 bits per heavy atom. The number of phenolic OH excluding ortho intramolecular Hbond substituents is 1. The Bertz CT molecular complexity index is 1310. The van der Waals surface area contributed by atoms with Crippen LogP contribution in [0.15, 0.2) is 59.4 Å². The highest BCUT2D eigenvalue weighted by Gasteiger charge is 2.60. The van der Waals surface area contributed by atoms with E-state index < -0.39 is 52.0 Å². The second-order valence-corrected chi connectivity index (χ2v) is 8.76. The second kappa shape index (κ2) is 7.05. The van der Waals surface area contributed by atoms with Crippen molar-refractivity contribution in [1.29, 1.82) is 0 Å². The first-order valence-corrected chi connectivity index (χ1v) is 10.5. The van der Waals surface area contributed by atoms with Crippen LogP contribution in [0.25, 0.3) is 16.9 Å². The molecule has 6 N–H and O–H groups in total. The van der Waals surface area contributed by atoms with Gasteiger partial charge in [0.1, 0.15) is 22.8 Å². The highest BCUT2D eigenvalue weighted by molar-refractivity contribution is 6.22. The molecular weight excluding hydrogens is 426 g/mol. The highest BCUT2D eigenvalue weighted by atomic mass is 16.3. The van der Waals surface area contributed by atoms with E-state index in [1.807, 2.05) is 30.3 Å². The van der Waals surface area contributed by atoms with E-state index >= 15 is 0 Å². The van der Waals surface area contributed by atoms with Gasteiger partial charge in [0.25, 0.3) is 5.91 Å². The summed E-state index contributed by atoms with van der Waals surface area (Å²) in [6.07, 6.45) is 0.0351. The molecule has 1 fully saturated rings. The molecule has 0 heterocycles. The van der Waals surface area contributed by atoms with Crippen LogP contribution in [0, 0.1) is 11.8 Å². The molecule has 5 rings (SSSR count). The molecule has 0 saturated heterocycles. The first-order valence-electron chi connectivity index (χ1n) is 10.5. The molecule has 0 aromatic heterocycles. The van der Waals surface area contributed by atoms with Gasteiger partial charge in [-0.05, 0) is 41.5 Å². The fourth-order valence-electron chi connectivity index (χ4n) is 5.51. The summed E-state index contributed by atoms with van der Waals surface area (Å²) in [6.45, 7) is 0. The molecule has 168 valence electrons. The summed E-state index contributed by atoms with van der Waals surface area (Å²) < 4.78 is 0. The normalized spacial score (nSPS) is 26.6. The number of aliphatic hydroxyl groups excluding tert-OH is 2. The molecule has 33 heavy (non-hydrogen) atoms. The third-order valence-electron chi connectivity index (χ3n) is 7.03. The van der Waals surface area contributed by atoms with Gasteiger partial charge < -0.3 is 26.2 Å². The van der Waals surface area contributed by atoms with Gasteiger partial charge in [-0.1, -0.05) is 36.4 Å². The summed E-state index contributed by atoms with van der Waals surface area (Å²) in [6, 6.07) is 12.5. The van der Waals surface area contributed by atoms with Gasteiger partial charge in [-0.2, -0.15) is 0 Å². The van der Waals surface area contributed by atoms with E-state index in [0.29, 0.717) is 5.56 Å². The number of Topliss-reactive ketones (excluding diaryl/α,β-unsaturated/α-hetero) is 2. The van der Waals surface area contributed by atoms with Gasteiger partial charge in [0, 0.05) is 17.9 Å². The van der Waals surface area contributed by atoms with Gasteiger partial charge in [-0.15, -0.1) is 0 Å². The average molecular weight is 447 g/mol. The molecule has 2 aromatic rings. The van der Waals surface area contributed by atoms with Gasteiger partial charge >= 0.3 is 0 Å². The Hall–Kier alpha value is -3.91. The molecule has 3 aliphatic carbocycles. The van der Waals surface area contributed by atoms with Gasteiger partial charge in [-0.25, -0.2) is 0 Å². The molecule has 0 spiro atoms. The van der Waals surface area contributed by atoms with Crippen LogP contribution in [0.2, 0.25) is 0 Å². The monoisotopic (exact) mass is 447 g/mol. The van der Waals surface area contributed by atoms with Crippen molar-refractivity contribution in [2.24, 2.45) is 17.6 Å². The van der Waals surface area contributed by atoms with Crippen molar-refractivity contribution < 1.29 is 34.8 Å². The Morgan fingerprint density at radius 2 is 1.70 bits per heavy atom. The minimum absolute atomic E-state index is 0.0866. The fourth-order valence-corrected chi connectivity index (χ4v) is 5.51. The number of fused-ring (bicyclic) bond motifs is 3. The Labute approximate surface area is 188 Å². The average Bonchev–Trinajstić information content (AvgIpc) is 2.76. The number of amides is 1. The number of aliphatic hydroxyl groups is 3. The lowest BCUT2D eigenvalue weighted by atomic mass is 9.59. The number of rotatable bonds is 2. The topological polar surface area (TPSA) is 158 Å². The van der Waals surface area contributed by atoms with Crippen molar-refractivity contribution >= 4 is 23.2 Å². The first-order chi connectivity index (χ1) is 15.7. The lowest BCUT2D eigenvalue weighted by Gasteiger charge is -2.46. The van der Waals surface area contributed by atoms with Crippen LogP contribution in [-0.2, 0) is 20.8 Å². The summed E-state index contributed by atoms with van der Waals surface area (Å²) >= 11 is 0. The summed E-state index contributed by atoms with van der Waals surface area (Å²) in [5.41, 5.74) is 4.07. The molecule has 0 radical (unpaired) electrons. The van der Waals surface area contributed by atoms with Gasteiger partial charge in [0.15, 0.2) is 11.4 Å². The predicted molar refractivity (Wildman–Crippen MR) is 117 cm³/mol. The number of benzene rings is 2. The number of nitrogens with two attached hydrogens (primary N) is 1. The third kappa shape index (κ3) is 2.77. The fraction of sp³-hybridized carbons (Fsp3) is 0.240. The summed E-state index contributed by atoms with van der Waals surface area (Å²) in [7, 11) is 0. The number of ketones is 2. The SMILES string of the molecule is NC(=O)C1=C(O)[C@@]2(O)C(=O)C3=C(O)c4c(O)ccc(-c5ccccc5)c4CC3CC2CC1=O. The lowest BCUT2D eigenvalue weighted by molar-refractivity contribution is -0.147. The van der Waals surface area contributed by atoms with Gasteiger partial charge in [-0.3, -0.25) is 14.4 Å². The summed E-state index contributed by atoms with van der Waals surface area (Å²) in [5, 5.41) is 43.5. The number of aromatic hydroxyl groups is 1. The molecule has 3 aliphatic rings. The number of hydrogen-bond acceptors (Lipinski definition) is 7. The quantitative estimate of drug-likeness (QED) is 0.441. The van der Waals surface area contributed by atoms with Crippen LogP contribution in [0.3, 0.4) is 0 Å². The molecule has 0 bridgehead atoms. The van der Waals surface area contributed by atoms with Crippen molar-refractivity contribution in [1.82, 2.24) is 0 Å². The van der Waals surface area contributed by atoms with Crippen molar-refractivity contribution in [2.75, 3.05) is 0 Å². The molecule has 8 nitrogen and oxygen atoms in total. The maximum atomic E-state index is 13.5. The van der Waals surface area contributed by atoms with E-state index in [-0.39, 0.29) is 36.1 Å². The van der Waals surface area contributed by atoms with Crippen molar-refractivity contribution in [3.05, 3.63) is 70.5 Å². The summed E-state index contributed by atoms with van der Waals surface area (Å²) in [4.78, 5) is 37.6. The smallest absolute Gasteiger partial charge is 0.255 e. The summed E-state index contributed by atoms with van der Waals surface area (Å²) in [5.74, 6) is -6.32. The highest BCUT2D eigenvalue weighted by Crippen LogP contribution is 2.52. The minimum Gasteiger partial charge on any atom is -0.508 e. The van der Waals surface area contributed by atoms with E-state index in [1.165, 1.54) is 6.07 Å². The van der Waals surface area contributed by atoms with Crippen LogP contribution >= 0.6 is 0 Å². The molecule has 8 heteroatoms. The number of hydrogen-bond donors (Lipinski definition) is 5. The van der Waals surface area contributed by atoms with E-state index in [4.69, 9.17) is 5.73 Å². The zero-order valence-corrected chi connectivity index (χ0v) is 17.4. The van der Waals surface area contributed by atoms with Crippen molar-refractivity contribution in [2.45, 2.75) is 24.9 Å². The minimum atomic E-state index is -2.55. The predicted octanol–water partition coefficient (Wildman–Crippen LogP) is 2.09. The van der Waals surface area contributed by atoms with Crippen molar-refractivity contribution in [3.63, 3.8) is 0 Å². The van der Waals surface area contributed by atoms with Crippen LogP contribution < -0.4 is 5.73 Å². The van der Waals surface area contributed by atoms with Crippen LogP contribution in [0.5, 0.6) is 5.75 Å². The molecule has 2 aromatic carbocycles. The number of phenols is 1. The largest absolute Gasteiger partial charge is 0.508 e. The maximum absolute atomic E-state index is 13.5. The molecule has 1 saturated carbocycles. The van der Waals surface area contributed by atoms with Crippen LogP contribution in [0.1, 0.15) is 24.0 Å². The number of carbonyl (C=O) groups is 3. The van der Waals surface area contributed by atoms with E-state index in [0.717, 1.165) is 11.1 Å². The first kappa shape index (κ1) is 21.0. The zero-order valence-electron chi connectivity index (χ0n) is 17.4. The molecule has 3 atom stereocenters. The second-order valence-electron chi connectivity index (χ2n) is 8.76. The standard InChI is InChI=1S/C25H21NO7/c26-24(32)20-17(28)10-13-8-12-9-15-14(11-4-2-1-3-5-11)6-7-16(27)19(15)21(29)18(12)22(30)25(13,33)23(20)31/h1-7,12-13,27,29,31,33H,8-10H2,(H2,26,32)/t12?,13?,25-/m0/s1. The Morgan fingerprint density at radius 1 is 1.00 bits per heavy atom.